The van der Waals surface area contributed by atoms with Crippen LogP contribution in [-0.4, -0.2) is 22.8 Å². The minimum Gasteiger partial charge on any atom is -0.493 e. The molecule has 5 heteroatoms. The van der Waals surface area contributed by atoms with Gasteiger partial charge in [0.05, 0.1) is 12.5 Å². The van der Waals surface area contributed by atoms with Crippen molar-refractivity contribution in [1.82, 2.24) is 10.1 Å². The van der Waals surface area contributed by atoms with E-state index in [1.165, 1.54) is 12.8 Å². The molecule has 2 atom stereocenters. The van der Waals surface area contributed by atoms with Gasteiger partial charge < -0.3 is 15.0 Å². The molecule has 2 heterocycles. The molecule has 1 aliphatic carbocycles. The van der Waals surface area contributed by atoms with E-state index >= 15 is 0 Å². The number of rotatable bonds is 4. The van der Waals surface area contributed by atoms with Gasteiger partial charge in [-0.3, -0.25) is 0 Å². The Hall–Kier alpha value is -1.88. The van der Waals surface area contributed by atoms with Gasteiger partial charge in [-0.2, -0.15) is 4.98 Å². The summed E-state index contributed by atoms with van der Waals surface area (Å²) in [5.41, 5.74) is 7.27. The van der Waals surface area contributed by atoms with E-state index in [0.29, 0.717) is 24.8 Å². The molecule has 2 N–H and O–H groups in total. The van der Waals surface area contributed by atoms with E-state index in [-0.39, 0.29) is 12.0 Å². The summed E-state index contributed by atoms with van der Waals surface area (Å²) in [6.07, 6.45) is 4.03. The first-order valence-electron chi connectivity index (χ1n) is 7.61. The highest BCUT2D eigenvalue weighted by Crippen LogP contribution is 2.37. The normalized spacial score (nSPS) is 22.4. The Bertz CT molecular complexity index is 636. The third-order valence-corrected chi connectivity index (χ3v) is 4.39. The minimum absolute atomic E-state index is 0.153. The van der Waals surface area contributed by atoms with E-state index in [4.69, 9.17) is 15.0 Å². The van der Waals surface area contributed by atoms with Crippen LogP contribution in [0, 0.1) is 5.92 Å². The van der Waals surface area contributed by atoms with Crippen LogP contribution in [0.4, 0.5) is 0 Å². The van der Waals surface area contributed by atoms with E-state index in [9.17, 15) is 0 Å². The van der Waals surface area contributed by atoms with Crippen molar-refractivity contribution in [2.24, 2.45) is 11.7 Å². The van der Waals surface area contributed by atoms with Gasteiger partial charge >= 0.3 is 0 Å². The van der Waals surface area contributed by atoms with Crippen LogP contribution in [0.15, 0.2) is 28.8 Å². The zero-order valence-electron chi connectivity index (χ0n) is 11.9. The molecule has 1 aromatic carbocycles. The molecule has 0 amide bonds. The van der Waals surface area contributed by atoms with Crippen molar-refractivity contribution >= 4 is 0 Å². The predicted molar refractivity (Wildman–Crippen MR) is 77.1 cm³/mol. The number of nitrogens with two attached hydrogens (primary N) is 1. The summed E-state index contributed by atoms with van der Waals surface area (Å²) in [5, 5.41) is 4.17. The molecule has 0 saturated heterocycles. The molecule has 4 rings (SSSR count). The van der Waals surface area contributed by atoms with Crippen molar-refractivity contribution in [1.29, 1.82) is 0 Å². The number of hydrogen-bond donors (Lipinski definition) is 1. The van der Waals surface area contributed by atoms with Crippen molar-refractivity contribution in [2.45, 2.75) is 37.6 Å². The van der Waals surface area contributed by atoms with Crippen LogP contribution >= 0.6 is 0 Å². The van der Waals surface area contributed by atoms with Crippen LogP contribution in [0.2, 0.25) is 0 Å². The summed E-state index contributed by atoms with van der Waals surface area (Å²) in [7, 11) is 0. The lowest BCUT2D eigenvalue weighted by molar-refractivity contribution is 0.272. The van der Waals surface area contributed by atoms with Crippen LogP contribution in [0.5, 0.6) is 5.75 Å². The summed E-state index contributed by atoms with van der Waals surface area (Å²) in [4.78, 5) is 4.57. The molecule has 0 radical (unpaired) electrons. The molecule has 2 aromatic rings. The van der Waals surface area contributed by atoms with Gasteiger partial charge in [-0.15, -0.1) is 0 Å². The maximum Gasteiger partial charge on any atom is 0.228 e. The van der Waals surface area contributed by atoms with Gasteiger partial charge in [-0.1, -0.05) is 23.4 Å². The third-order valence-electron chi connectivity index (χ3n) is 4.39. The first kappa shape index (κ1) is 12.8. The zero-order chi connectivity index (χ0) is 14.2. The van der Waals surface area contributed by atoms with Gasteiger partial charge in [0.15, 0.2) is 5.82 Å². The Kier molecular flexibility index (Phi) is 3.15. The van der Waals surface area contributed by atoms with Gasteiger partial charge in [0, 0.05) is 18.0 Å². The van der Waals surface area contributed by atoms with Gasteiger partial charge in [-0.25, -0.2) is 0 Å². The molecule has 110 valence electrons. The van der Waals surface area contributed by atoms with Crippen LogP contribution in [0.1, 0.15) is 42.5 Å². The van der Waals surface area contributed by atoms with Gasteiger partial charge in [-0.05, 0) is 31.2 Å². The number of aromatic nitrogens is 2. The lowest BCUT2D eigenvalue weighted by Gasteiger charge is -2.23. The molecule has 1 saturated carbocycles. The Morgan fingerprint density at radius 2 is 2.10 bits per heavy atom. The summed E-state index contributed by atoms with van der Waals surface area (Å²) in [6.45, 7) is 0.688. The first-order valence-corrected chi connectivity index (χ1v) is 7.61. The highest BCUT2D eigenvalue weighted by Gasteiger charge is 2.31. The molecule has 0 bridgehead atoms. The number of benzene rings is 1. The monoisotopic (exact) mass is 285 g/mol. The topological polar surface area (TPSA) is 74.2 Å². The highest BCUT2D eigenvalue weighted by atomic mass is 16.5. The number of ether oxygens (including phenoxy) is 1. The number of para-hydroxylation sites is 1. The van der Waals surface area contributed by atoms with Crippen molar-refractivity contribution in [3.05, 3.63) is 41.5 Å². The summed E-state index contributed by atoms with van der Waals surface area (Å²) >= 11 is 0. The lowest BCUT2D eigenvalue weighted by Crippen LogP contribution is -2.25. The van der Waals surface area contributed by atoms with Crippen molar-refractivity contribution in [2.75, 3.05) is 6.61 Å². The average molecular weight is 285 g/mol. The van der Waals surface area contributed by atoms with Crippen LogP contribution in [0.3, 0.4) is 0 Å². The fourth-order valence-electron chi connectivity index (χ4n) is 3.00. The summed E-state index contributed by atoms with van der Waals surface area (Å²) in [6, 6.07) is 8.22. The van der Waals surface area contributed by atoms with E-state index < -0.39 is 0 Å². The van der Waals surface area contributed by atoms with E-state index in [2.05, 4.69) is 16.2 Å². The molecule has 0 spiro atoms. The van der Waals surface area contributed by atoms with Crippen LogP contribution in [0.25, 0.3) is 0 Å². The van der Waals surface area contributed by atoms with Crippen LogP contribution in [-0.2, 0) is 6.42 Å². The molecular formula is C16H19N3O2. The maximum absolute atomic E-state index is 6.13. The molecule has 5 nitrogen and oxygen atoms in total. The Labute approximate surface area is 123 Å². The molecule has 1 aromatic heterocycles. The number of nitrogens with zero attached hydrogens (tertiary/aromatic N) is 2. The van der Waals surface area contributed by atoms with E-state index in [1.54, 1.807) is 0 Å². The number of hydrogen-bond acceptors (Lipinski definition) is 5. The van der Waals surface area contributed by atoms with Gasteiger partial charge in [0.1, 0.15) is 5.75 Å². The summed E-state index contributed by atoms with van der Waals surface area (Å²) < 4.78 is 11.1. The van der Waals surface area contributed by atoms with E-state index in [0.717, 1.165) is 23.6 Å². The van der Waals surface area contributed by atoms with Crippen molar-refractivity contribution in [3.63, 3.8) is 0 Å². The Balaban J connectivity index is 1.55. The van der Waals surface area contributed by atoms with Crippen molar-refractivity contribution < 1.29 is 9.26 Å². The highest BCUT2D eigenvalue weighted by molar-refractivity contribution is 5.40. The first-order chi connectivity index (χ1) is 10.3. The second-order valence-electron chi connectivity index (χ2n) is 5.98. The standard InChI is InChI=1S/C16H19N3O2/c17-13(10-5-6-10)9-15-18-16(19-21-15)12-7-8-20-14-4-2-1-3-11(12)14/h1-4,10,12-13H,5-9,17H2. The second-order valence-corrected chi connectivity index (χ2v) is 5.98. The molecule has 1 aliphatic heterocycles. The number of fused-ring (bicyclic) bond motifs is 1. The zero-order valence-corrected chi connectivity index (χ0v) is 11.9. The third kappa shape index (κ3) is 2.53. The Morgan fingerprint density at radius 3 is 2.95 bits per heavy atom. The molecule has 1 fully saturated rings. The fraction of sp³-hybridized carbons (Fsp3) is 0.500. The van der Waals surface area contributed by atoms with Gasteiger partial charge in [0.2, 0.25) is 5.89 Å². The quantitative estimate of drug-likeness (QED) is 0.932. The van der Waals surface area contributed by atoms with E-state index in [1.807, 2.05) is 18.2 Å². The fourth-order valence-corrected chi connectivity index (χ4v) is 3.00. The molecule has 2 unspecified atom stereocenters. The molecular weight excluding hydrogens is 266 g/mol. The molecule has 2 aliphatic rings. The second kappa shape index (κ2) is 5.15. The average Bonchev–Trinajstić information content (AvgIpc) is 3.27. The van der Waals surface area contributed by atoms with Crippen LogP contribution < -0.4 is 10.5 Å². The molecule has 21 heavy (non-hydrogen) atoms. The minimum atomic E-state index is 0.153. The van der Waals surface area contributed by atoms with Crippen molar-refractivity contribution in [3.8, 4) is 5.75 Å². The smallest absolute Gasteiger partial charge is 0.228 e. The predicted octanol–water partition coefficient (Wildman–Crippen LogP) is 2.26. The van der Waals surface area contributed by atoms with Gasteiger partial charge in [0.25, 0.3) is 0 Å². The largest absolute Gasteiger partial charge is 0.493 e. The maximum atomic E-state index is 6.13. The Morgan fingerprint density at radius 1 is 1.24 bits per heavy atom. The lowest BCUT2D eigenvalue weighted by atomic mass is 9.92. The summed E-state index contributed by atoms with van der Waals surface area (Å²) in [5.74, 6) is 3.14. The SMILES string of the molecule is NC(Cc1nc(C2CCOc3ccccc32)no1)C1CC1.